The van der Waals surface area contributed by atoms with Gasteiger partial charge in [-0.2, -0.15) is 0 Å². The fourth-order valence-corrected chi connectivity index (χ4v) is 1.65. The Bertz CT molecular complexity index is 673. The van der Waals surface area contributed by atoms with Crippen molar-refractivity contribution in [1.82, 2.24) is 4.98 Å². The van der Waals surface area contributed by atoms with E-state index < -0.39 is 10.9 Å². The molecule has 0 spiro atoms. The number of hydrogen-bond acceptors (Lipinski definition) is 5. The van der Waals surface area contributed by atoms with Gasteiger partial charge in [0.2, 0.25) is 5.82 Å². The zero-order valence-corrected chi connectivity index (χ0v) is 10.7. The maximum Gasteiger partial charge on any atom is 0.335 e. The van der Waals surface area contributed by atoms with E-state index in [1.807, 2.05) is 0 Å². The molecule has 0 aliphatic carbocycles. The molecule has 1 aromatic heterocycles. The van der Waals surface area contributed by atoms with Gasteiger partial charge in [-0.3, -0.25) is 10.1 Å². The quantitative estimate of drug-likeness (QED) is 0.510. The summed E-state index contributed by atoms with van der Waals surface area (Å²) in [6.07, 6.45) is 0. The Morgan fingerprint density at radius 3 is 2.45 bits per heavy atom. The predicted molar refractivity (Wildman–Crippen MR) is 72.6 cm³/mol. The van der Waals surface area contributed by atoms with Gasteiger partial charge in [0.15, 0.2) is 0 Å². The molecule has 7 nitrogen and oxygen atoms in total. The molecule has 0 bridgehead atoms. The highest BCUT2D eigenvalue weighted by atomic mass is 35.5. The van der Waals surface area contributed by atoms with Crippen LogP contribution < -0.4 is 5.32 Å². The largest absolute Gasteiger partial charge is 0.478 e. The summed E-state index contributed by atoms with van der Waals surface area (Å²) < 4.78 is 0. The molecule has 0 amide bonds. The maximum atomic E-state index is 10.9. The van der Waals surface area contributed by atoms with Crippen LogP contribution in [0.5, 0.6) is 0 Å². The van der Waals surface area contributed by atoms with Crippen molar-refractivity contribution in [3.8, 4) is 0 Å². The third-order valence-corrected chi connectivity index (χ3v) is 2.64. The summed E-state index contributed by atoms with van der Waals surface area (Å²) in [6.45, 7) is 0. The number of halogens is 1. The molecule has 20 heavy (non-hydrogen) atoms. The van der Waals surface area contributed by atoms with E-state index in [1.165, 1.54) is 36.4 Å². The highest BCUT2D eigenvalue weighted by molar-refractivity contribution is 6.29. The topological polar surface area (TPSA) is 105 Å². The van der Waals surface area contributed by atoms with Gasteiger partial charge < -0.3 is 10.4 Å². The molecule has 0 radical (unpaired) electrons. The number of carboxylic acids is 1. The Morgan fingerprint density at radius 1 is 1.25 bits per heavy atom. The molecule has 0 aliphatic rings. The average Bonchev–Trinajstić information content (AvgIpc) is 2.39. The lowest BCUT2D eigenvalue weighted by Crippen LogP contribution is -2.01. The first kappa shape index (κ1) is 13.8. The summed E-state index contributed by atoms with van der Waals surface area (Å²) in [5.74, 6) is -1.06. The van der Waals surface area contributed by atoms with Gasteiger partial charge >= 0.3 is 11.7 Å². The molecule has 0 fully saturated rings. The number of pyridine rings is 1. The number of nitrogens with zero attached hydrogens (tertiary/aromatic N) is 2. The minimum Gasteiger partial charge on any atom is -0.478 e. The predicted octanol–water partition coefficient (Wildman–Crippen LogP) is 3.09. The van der Waals surface area contributed by atoms with Gasteiger partial charge in [-0.05, 0) is 30.3 Å². The summed E-state index contributed by atoms with van der Waals surface area (Å²) in [4.78, 5) is 24.8. The van der Waals surface area contributed by atoms with E-state index in [9.17, 15) is 14.9 Å². The Hall–Kier alpha value is -2.67. The standard InChI is InChI=1S/C12H8ClN3O4/c13-10-6-5-9(16(19)20)11(15-10)14-8-3-1-7(2-4-8)12(17)18/h1-6H,(H,14,15)(H,17,18). The Morgan fingerprint density at radius 2 is 1.90 bits per heavy atom. The lowest BCUT2D eigenvalue weighted by molar-refractivity contribution is -0.384. The van der Waals surface area contributed by atoms with Gasteiger partial charge in [0.1, 0.15) is 5.15 Å². The lowest BCUT2D eigenvalue weighted by atomic mass is 10.2. The van der Waals surface area contributed by atoms with Crippen LogP contribution in [0.3, 0.4) is 0 Å². The van der Waals surface area contributed by atoms with Crippen molar-refractivity contribution in [3.63, 3.8) is 0 Å². The van der Waals surface area contributed by atoms with Crippen LogP contribution in [-0.4, -0.2) is 21.0 Å². The van der Waals surface area contributed by atoms with Gasteiger partial charge in [0.05, 0.1) is 10.5 Å². The van der Waals surface area contributed by atoms with Crippen LogP contribution >= 0.6 is 11.6 Å². The van der Waals surface area contributed by atoms with E-state index in [1.54, 1.807) is 0 Å². The highest BCUT2D eigenvalue weighted by Gasteiger charge is 2.16. The average molecular weight is 294 g/mol. The molecule has 2 N–H and O–H groups in total. The SMILES string of the molecule is O=C(O)c1ccc(Nc2nc(Cl)ccc2[N+](=O)[O-])cc1. The number of hydrogen-bond donors (Lipinski definition) is 2. The number of nitrogens with one attached hydrogen (secondary N) is 1. The van der Waals surface area contributed by atoms with Gasteiger partial charge in [-0.25, -0.2) is 9.78 Å². The number of aromatic carboxylic acids is 1. The number of carboxylic acid groups (broad SMARTS) is 1. The van der Waals surface area contributed by atoms with Crippen molar-refractivity contribution in [2.45, 2.75) is 0 Å². The molecule has 0 atom stereocenters. The van der Waals surface area contributed by atoms with Gasteiger partial charge in [-0.1, -0.05) is 11.6 Å². The van der Waals surface area contributed by atoms with E-state index in [4.69, 9.17) is 16.7 Å². The molecule has 2 aromatic rings. The van der Waals surface area contributed by atoms with Crippen LogP contribution in [0.15, 0.2) is 36.4 Å². The van der Waals surface area contributed by atoms with Crippen LogP contribution in [-0.2, 0) is 0 Å². The van der Waals surface area contributed by atoms with Crippen molar-refractivity contribution in [2.75, 3.05) is 5.32 Å². The number of nitro groups is 1. The number of aromatic nitrogens is 1. The van der Waals surface area contributed by atoms with Gasteiger partial charge in [-0.15, -0.1) is 0 Å². The summed E-state index contributed by atoms with van der Waals surface area (Å²) in [5.41, 5.74) is 0.355. The smallest absolute Gasteiger partial charge is 0.335 e. The zero-order valence-electron chi connectivity index (χ0n) is 9.91. The minimum atomic E-state index is -1.05. The number of rotatable bonds is 4. The van der Waals surface area contributed by atoms with E-state index in [2.05, 4.69) is 10.3 Å². The lowest BCUT2D eigenvalue weighted by Gasteiger charge is -2.06. The first-order valence-corrected chi connectivity index (χ1v) is 5.76. The molecule has 1 aromatic carbocycles. The minimum absolute atomic E-state index is 0.00873. The molecule has 8 heteroatoms. The van der Waals surface area contributed by atoms with E-state index in [-0.39, 0.29) is 22.2 Å². The normalized spacial score (nSPS) is 10.1. The van der Waals surface area contributed by atoms with Crippen molar-refractivity contribution in [1.29, 1.82) is 0 Å². The van der Waals surface area contributed by atoms with Crippen molar-refractivity contribution in [3.05, 3.63) is 57.2 Å². The van der Waals surface area contributed by atoms with Crippen LogP contribution in [0.1, 0.15) is 10.4 Å². The Labute approximate surface area is 118 Å². The summed E-state index contributed by atoms with van der Waals surface area (Å²) in [6, 6.07) is 8.27. The Kier molecular flexibility index (Phi) is 3.81. The fraction of sp³-hybridized carbons (Fsp3) is 0. The molecule has 102 valence electrons. The molecular formula is C12H8ClN3O4. The molecule has 2 rings (SSSR count). The van der Waals surface area contributed by atoms with Crippen LogP contribution in [0.25, 0.3) is 0 Å². The Balaban J connectivity index is 2.31. The van der Waals surface area contributed by atoms with Crippen LogP contribution in [0.2, 0.25) is 5.15 Å². The number of anilines is 2. The first-order valence-electron chi connectivity index (χ1n) is 5.38. The number of carbonyl (C=O) groups is 1. The summed E-state index contributed by atoms with van der Waals surface area (Å²) in [5, 5.41) is 22.5. The molecule has 1 heterocycles. The first-order chi connectivity index (χ1) is 9.47. The second-order valence-corrected chi connectivity index (χ2v) is 4.15. The van der Waals surface area contributed by atoms with Crippen molar-refractivity contribution >= 4 is 34.8 Å². The van der Waals surface area contributed by atoms with Crippen LogP contribution in [0.4, 0.5) is 17.2 Å². The number of benzene rings is 1. The van der Waals surface area contributed by atoms with E-state index >= 15 is 0 Å². The van der Waals surface area contributed by atoms with E-state index in [0.29, 0.717) is 5.69 Å². The van der Waals surface area contributed by atoms with Crippen molar-refractivity contribution < 1.29 is 14.8 Å². The van der Waals surface area contributed by atoms with Gasteiger partial charge in [0, 0.05) is 11.8 Å². The molecule has 0 saturated carbocycles. The monoisotopic (exact) mass is 293 g/mol. The summed E-state index contributed by atoms with van der Waals surface area (Å²) in [7, 11) is 0. The zero-order chi connectivity index (χ0) is 14.7. The maximum absolute atomic E-state index is 10.9. The van der Waals surface area contributed by atoms with Crippen LogP contribution in [0, 0.1) is 10.1 Å². The summed E-state index contributed by atoms with van der Waals surface area (Å²) >= 11 is 5.70. The molecule has 0 aliphatic heterocycles. The van der Waals surface area contributed by atoms with Crippen molar-refractivity contribution in [2.24, 2.45) is 0 Å². The van der Waals surface area contributed by atoms with Gasteiger partial charge in [0.25, 0.3) is 0 Å². The molecular weight excluding hydrogens is 286 g/mol. The van der Waals surface area contributed by atoms with E-state index in [0.717, 1.165) is 0 Å². The molecule has 0 unspecified atom stereocenters. The second kappa shape index (κ2) is 5.54. The fourth-order valence-electron chi connectivity index (χ4n) is 1.50. The second-order valence-electron chi connectivity index (χ2n) is 3.77. The third kappa shape index (κ3) is 3.01. The third-order valence-electron chi connectivity index (χ3n) is 2.43. The molecule has 0 saturated heterocycles. The highest BCUT2D eigenvalue weighted by Crippen LogP contribution is 2.27.